The number of aromatic nitrogens is 1. The first-order valence-corrected chi connectivity index (χ1v) is 12.1. The molecule has 1 heterocycles. The molecule has 0 atom stereocenters. The number of aromatic amines is 1. The molecular weight excluding hydrogens is 511 g/mol. The Morgan fingerprint density at radius 3 is 2.51 bits per heavy atom. The van der Waals surface area contributed by atoms with E-state index in [0.717, 1.165) is 28.6 Å². The van der Waals surface area contributed by atoms with E-state index in [1.54, 1.807) is 25.4 Å². The number of methoxy groups -OCH3 is 1. The number of nitrogens with zero attached hydrogens (tertiary/aromatic N) is 1. The van der Waals surface area contributed by atoms with E-state index in [4.69, 9.17) is 8.92 Å². The van der Waals surface area contributed by atoms with Gasteiger partial charge in [-0.25, -0.2) is 5.43 Å². The molecule has 0 aliphatic rings. The summed E-state index contributed by atoms with van der Waals surface area (Å²) in [5.74, 6) is 0.106. The zero-order chi connectivity index (χ0) is 26.6. The fourth-order valence-corrected chi connectivity index (χ4v) is 4.41. The Hall–Kier alpha value is -4.32. The molecule has 4 rings (SSSR count). The second kappa shape index (κ2) is 10.3. The molecule has 0 aliphatic carbocycles. The number of fused-ring (bicyclic) bond motifs is 1. The van der Waals surface area contributed by atoms with Gasteiger partial charge in [0.05, 0.1) is 25.3 Å². The van der Waals surface area contributed by atoms with Crippen LogP contribution in [0.25, 0.3) is 10.9 Å². The van der Waals surface area contributed by atoms with Crippen LogP contribution in [0.4, 0.5) is 13.2 Å². The molecule has 1 aromatic heterocycles. The Bertz CT molecular complexity index is 1560. The molecule has 3 aromatic carbocycles. The number of hydrazone groups is 1. The van der Waals surface area contributed by atoms with Gasteiger partial charge in [-0.15, -0.1) is 0 Å². The van der Waals surface area contributed by atoms with E-state index in [0.29, 0.717) is 17.9 Å². The van der Waals surface area contributed by atoms with Gasteiger partial charge in [-0.05, 0) is 60.2 Å². The van der Waals surface area contributed by atoms with Gasteiger partial charge in [-0.3, -0.25) is 4.79 Å². The molecule has 8 nitrogen and oxygen atoms in total. The minimum absolute atomic E-state index is 0.0188. The zero-order valence-corrected chi connectivity index (χ0v) is 20.1. The van der Waals surface area contributed by atoms with Crippen molar-refractivity contribution in [2.75, 3.05) is 7.11 Å². The number of H-pyrrole nitrogens is 1. The molecule has 12 heteroatoms. The van der Waals surface area contributed by atoms with Crippen LogP contribution in [0.5, 0.6) is 11.5 Å². The van der Waals surface area contributed by atoms with Gasteiger partial charge in [0.15, 0.2) is 5.75 Å². The minimum atomic E-state index is -4.60. The Morgan fingerprint density at radius 2 is 1.81 bits per heavy atom. The fourth-order valence-electron chi connectivity index (χ4n) is 3.46. The molecule has 0 bridgehead atoms. The number of hydrogen-bond donors (Lipinski definition) is 2. The third kappa shape index (κ3) is 6.09. The summed E-state index contributed by atoms with van der Waals surface area (Å²) in [4.78, 5) is 15.0. The lowest BCUT2D eigenvalue weighted by Gasteiger charge is -2.11. The third-order valence-corrected chi connectivity index (χ3v) is 6.56. The first-order valence-electron chi connectivity index (χ1n) is 10.7. The van der Waals surface area contributed by atoms with E-state index in [1.807, 2.05) is 12.1 Å². The van der Waals surface area contributed by atoms with Crippen molar-refractivity contribution in [3.05, 3.63) is 89.6 Å². The van der Waals surface area contributed by atoms with Crippen molar-refractivity contribution < 1.29 is 35.3 Å². The SMILES string of the molecule is COc1ccc2[nH]cc(CC(=O)N/N=C/c3ccccc3OS(=O)(=O)c3ccc(C(F)(F)F)cc3)c2c1. The monoisotopic (exact) mass is 531 g/mol. The van der Waals surface area contributed by atoms with E-state index in [-0.39, 0.29) is 17.7 Å². The molecule has 192 valence electrons. The van der Waals surface area contributed by atoms with Crippen LogP contribution in [0.3, 0.4) is 0 Å². The largest absolute Gasteiger partial charge is 0.497 e. The van der Waals surface area contributed by atoms with Crippen molar-refractivity contribution in [2.24, 2.45) is 5.10 Å². The van der Waals surface area contributed by atoms with Gasteiger partial charge >= 0.3 is 16.3 Å². The molecule has 0 saturated carbocycles. The highest BCUT2D eigenvalue weighted by Gasteiger charge is 2.31. The number of amides is 1. The van der Waals surface area contributed by atoms with Crippen LogP contribution in [-0.2, 0) is 27.5 Å². The summed E-state index contributed by atoms with van der Waals surface area (Å²) >= 11 is 0. The van der Waals surface area contributed by atoms with Crippen molar-refractivity contribution in [1.29, 1.82) is 0 Å². The summed E-state index contributed by atoms with van der Waals surface area (Å²) in [6.07, 6.45) is -1.67. The van der Waals surface area contributed by atoms with Crippen LogP contribution in [0.2, 0.25) is 0 Å². The second-order valence-corrected chi connectivity index (χ2v) is 9.34. The van der Waals surface area contributed by atoms with Gasteiger partial charge in [-0.1, -0.05) is 12.1 Å². The lowest BCUT2D eigenvalue weighted by molar-refractivity contribution is -0.137. The molecule has 0 radical (unpaired) electrons. The smallest absolute Gasteiger partial charge is 0.416 e. The molecule has 37 heavy (non-hydrogen) atoms. The molecule has 0 saturated heterocycles. The summed E-state index contributed by atoms with van der Waals surface area (Å²) in [5, 5.41) is 4.70. The highest BCUT2D eigenvalue weighted by molar-refractivity contribution is 7.87. The van der Waals surface area contributed by atoms with Crippen molar-refractivity contribution in [2.45, 2.75) is 17.5 Å². The standard InChI is InChI=1S/C25H20F3N3O5S/c1-35-19-8-11-22-21(13-19)17(14-29-22)12-24(32)31-30-15-16-4-2-3-5-23(16)36-37(33,34)20-9-6-18(7-10-20)25(26,27)28/h2-11,13-15,29H,12H2,1H3,(H,31,32)/b30-15+. The van der Waals surface area contributed by atoms with Crippen LogP contribution in [0.15, 0.2) is 82.9 Å². The normalized spacial score (nSPS) is 12.1. The van der Waals surface area contributed by atoms with E-state index in [2.05, 4.69) is 15.5 Å². The van der Waals surface area contributed by atoms with Gasteiger partial charge in [0.2, 0.25) is 5.91 Å². The van der Waals surface area contributed by atoms with Crippen molar-refractivity contribution >= 4 is 33.1 Å². The number of nitrogens with one attached hydrogen (secondary N) is 2. The van der Waals surface area contributed by atoms with Crippen LogP contribution in [0.1, 0.15) is 16.7 Å². The number of benzene rings is 3. The lowest BCUT2D eigenvalue weighted by atomic mass is 10.1. The molecule has 2 N–H and O–H groups in total. The Balaban J connectivity index is 1.44. The van der Waals surface area contributed by atoms with E-state index < -0.39 is 32.7 Å². The van der Waals surface area contributed by atoms with Gasteiger partial charge in [0.1, 0.15) is 10.6 Å². The van der Waals surface area contributed by atoms with Gasteiger partial charge in [0.25, 0.3) is 0 Å². The van der Waals surface area contributed by atoms with Crippen molar-refractivity contribution in [1.82, 2.24) is 10.4 Å². The maximum atomic E-state index is 12.8. The van der Waals surface area contributed by atoms with Gasteiger partial charge in [-0.2, -0.15) is 26.7 Å². The van der Waals surface area contributed by atoms with Crippen LogP contribution in [-0.4, -0.2) is 32.6 Å². The highest BCUT2D eigenvalue weighted by atomic mass is 32.2. The second-order valence-electron chi connectivity index (χ2n) is 7.79. The first kappa shape index (κ1) is 25.8. The molecule has 0 aliphatic heterocycles. The topological polar surface area (TPSA) is 110 Å². The van der Waals surface area contributed by atoms with Crippen LogP contribution >= 0.6 is 0 Å². The predicted molar refractivity (Wildman–Crippen MR) is 130 cm³/mol. The Kier molecular flexibility index (Phi) is 7.21. The fraction of sp³-hybridized carbons (Fsp3) is 0.120. The molecule has 0 spiro atoms. The van der Waals surface area contributed by atoms with Crippen molar-refractivity contribution in [3.63, 3.8) is 0 Å². The van der Waals surface area contributed by atoms with Gasteiger partial charge in [0, 0.05) is 22.7 Å². The number of ether oxygens (including phenoxy) is 1. The lowest BCUT2D eigenvalue weighted by Crippen LogP contribution is -2.19. The Labute approximate surface area is 209 Å². The highest BCUT2D eigenvalue weighted by Crippen LogP contribution is 2.30. The zero-order valence-electron chi connectivity index (χ0n) is 19.2. The minimum Gasteiger partial charge on any atom is -0.497 e. The van der Waals surface area contributed by atoms with Crippen LogP contribution in [0, 0.1) is 0 Å². The van der Waals surface area contributed by atoms with Crippen molar-refractivity contribution in [3.8, 4) is 11.5 Å². The quantitative estimate of drug-likeness (QED) is 0.195. The number of halogens is 3. The first-order chi connectivity index (χ1) is 17.6. The van der Waals surface area contributed by atoms with Crippen LogP contribution < -0.4 is 14.3 Å². The average molecular weight is 532 g/mol. The Morgan fingerprint density at radius 1 is 1.08 bits per heavy atom. The number of alkyl halides is 3. The molecule has 0 fully saturated rings. The van der Waals surface area contributed by atoms with E-state index in [1.165, 1.54) is 24.4 Å². The number of para-hydroxylation sites is 1. The molecule has 0 unspecified atom stereocenters. The molecule has 4 aromatic rings. The number of hydrogen-bond acceptors (Lipinski definition) is 6. The third-order valence-electron chi connectivity index (χ3n) is 5.31. The van der Waals surface area contributed by atoms with E-state index in [9.17, 15) is 26.4 Å². The maximum absolute atomic E-state index is 12.8. The van der Waals surface area contributed by atoms with E-state index >= 15 is 0 Å². The summed E-state index contributed by atoms with van der Waals surface area (Å²) in [6.45, 7) is 0. The average Bonchev–Trinajstić information content (AvgIpc) is 3.26. The molecular formula is C25H20F3N3O5S. The van der Waals surface area contributed by atoms with Gasteiger partial charge < -0.3 is 13.9 Å². The summed E-state index contributed by atoms with van der Waals surface area (Å²) in [7, 11) is -2.88. The summed E-state index contributed by atoms with van der Waals surface area (Å²) in [6, 6.07) is 14.3. The predicted octanol–water partition coefficient (Wildman–Crippen LogP) is 4.66. The summed E-state index contributed by atoms with van der Waals surface area (Å²) in [5.41, 5.74) is 3.18. The maximum Gasteiger partial charge on any atom is 0.416 e. The number of rotatable bonds is 8. The molecule has 1 amide bonds. The summed E-state index contributed by atoms with van der Waals surface area (Å²) < 4.78 is 73.8. The number of carbonyl (C=O) groups is 1. The number of carbonyl (C=O) groups excluding carboxylic acids is 1.